The number of rotatable bonds is 5. The Morgan fingerprint density at radius 2 is 1.67 bits per heavy atom. The number of carbonyl (C=O) groups excluding carboxylic acids is 3. The highest BCUT2D eigenvalue weighted by Crippen LogP contribution is 2.21. The van der Waals surface area contributed by atoms with E-state index in [0.29, 0.717) is 33.8 Å². The Morgan fingerprint density at radius 3 is 2.19 bits per heavy atom. The first kappa shape index (κ1) is 20.2. The number of aryl methyl sites for hydroxylation is 1. The first-order valence-electron chi connectivity index (χ1n) is 8.65. The number of nitrogens with zero attached hydrogens (tertiary/aromatic N) is 1. The normalized spacial score (nSPS) is 10.6. The van der Waals surface area contributed by atoms with Gasteiger partial charge in [-0.3, -0.25) is 9.59 Å². The van der Waals surface area contributed by atoms with Crippen LogP contribution in [0.1, 0.15) is 56.3 Å². The Hall–Kier alpha value is -3.09. The van der Waals surface area contributed by atoms with Gasteiger partial charge in [0, 0.05) is 31.0 Å². The number of nitrogens with one attached hydrogen (secondary N) is 2. The summed E-state index contributed by atoms with van der Waals surface area (Å²) < 4.78 is 5.24. The molecule has 0 saturated carbocycles. The molecule has 0 fully saturated rings. The summed E-state index contributed by atoms with van der Waals surface area (Å²) in [7, 11) is 3.35. The summed E-state index contributed by atoms with van der Waals surface area (Å²) in [4.78, 5) is 41.2. The predicted molar refractivity (Wildman–Crippen MR) is 103 cm³/mol. The van der Waals surface area contributed by atoms with E-state index in [1.54, 1.807) is 66.1 Å². The summed E-state index contributed by atoms with van der Waals surface area (Å²) in [6, 6.07) is 6.62. The summed E-state index contributed by atoms with van der Waals surface area (Å²) in [5, 5.41) is 2.77. The Kier molecular flexibility index (Phi) is 6.05. The van der Waals surface area contributed by atoms with Crippen LogP contribution in [0.15, 0.2) is 24.3 Å². The third-order valence-corrected chi connectivity index (χ3v) is 4.01. The molecule has 1 heterocycles. The molecular formula is C20H25N3O4. The number of hydrogen-bond acceptors (Lipinski definition) is 4. The third kappa shape index (κ3) is 4.55. The van der Waals surface area contributed by atoms with Crippen LogP contribution in [0.2, 0.25) is 0 Å². The maximum absolute atomic E-state index is 12.6. The number of hydrogen-bond donors (Lipinski definition) is 2. The molecule has 0 aliphatic heterocycles. The van der Waals surface area contributed by atoms with Crippen LogP contribution >= 0.6 is 0 Å². The molecule has 2 amide bonds. The molecular weight excluding hydrogens is 346 g/mol. The lowest BCUT2D eigenvalue weighted by Gasteiger charge is -2.11. The number of benzene rings is 1. The zero-order valence-corrected chi connectivity index (χ0v) is 16.5. The largest absolute Gasteiger partial charge is 0.459 e. The minimum absolute atomic E-state index is 0.114. The van der Waals surface area contributed by atoms with E-state index in [4.69, 9.17) is 4.74 Å². The zero-order valence-electron chi connectivity index (χ0n) is 16.5. The van der Waals surface area contributed by atoms with Gasteiger partial charge in [-0.15, -0.1) is 0 Å². The highest BCUT2D eigenvalue weighted by atomic mass is 16.5. The molecule has 27 heavy (non-hydrogen) atoms. The van der Waals surface area contributed by atoms with E-state index in [9.17, 15) is 14.4 Å². The van der Waals surface area contributed by atoms with E-state index in [1.807, 2.05) is 0 Å². The zero-order chi connectivity index (χ0) is 20.3. The number of aromatic amines is 1. The molecule has 2 N–H and O–H groups in total. The predicted octanol–water partition coefficient (Wildman–Crippen LogP) is 3.15. The van der Waals surface area contributed by atoms with Gasteiger partial charge in [0.15, 0.2) is 0 Å². The van der Waals surface area contributed by atoms with Gasteiger partial charge in [0.2, 0.25) is 0 Å². The number of ether oxygens (including phenoxy) is 1. The van der Waals surface area contributed by atoms with Gasteiger partial charge in [-0.1, -0.05) is 0 Å². The molecule has 7 heteroatoms. The van der Waals surface area contributed by atoms with Crippen LogP contribution in [0.5, 0.6) is 0 Å². The van der Waals surface area contributed by atoms with E-state index in [2.05, 4.69) is 10.3 Å². The molecule has 0 saturated heterocycles. The summed E-state index contributed by atoms with van der Waals surface area (Å²) in [6.45, 7) is 6.97. The SMILES string of the molecule is Cc1[nH]c(C(=O)Nc2ccc(C(=O)N(C)C)cc2)c(C)c1C(=O)OC(C)C. The average molecular weight is 371 g/mol. The second-order valence-corrected chi connectivity index (χ2v) is 6.81. The van der Waals surface area contributed by atoms with Gasteiger partial charge >= 0.3 is 5.97 Å². The lowest BCUT2D eigenvalue weighted by Crippen LogP contribution is -2.21. The topological polar surface area (TPSA) is 91.5 Å². The molecule has 0 aliphatic rings. The second kappa shape index (κ2) is 8.07. The fourth-order valence-electron chi connectivity index (χ4n) is 2.70. The maximum Gasteiger partial charge on any atom is 0.340 e. The van der Waals surface area contributed by atoms with Crippen LogP contribution in [0.3, 0.4) is 0 Å². The van der Waals surface area contributed by atoms with Crippen molar-refractivity contribution >= 4 is 23.5 Å². The smallest absolute Gasteiger partial charge is 0.340 e. The monoisotopic (exact) mass is 371 g/mol. The second-order valence-electron chi connectivity index (χ2n) is 6.81. The quantitative estimate of drug-likeness (QED) is 0.790. The molecule has 0 bridgehead atoms. The summed E-state index contributed by atoms with van der Waals surface area (Å²) in [6.07, 6.45) is -0.244. The number of H-pyrrole nitrogens is 1. The number of amides is 2. The average Bonchev–Trinajstić information content (AvgIpc) is 2.88. The van der Waals surface area contributed by atoms with E-state index < -0.39 is 5.97 Å². The highest BCUT2D eigenvalue weighted by Gasteiger charge is 2.23. The summed E-state index contributed by atoms with van der Waals surface area (Å²) in [5.41, 5.74) is 2.87. The van der Waals surface area contributed by atoms with E-state index in [1.165, 1.54) is 4.90 Å². The van der Waals surface area contributed by atoms with Crippen molar-refractivity contribution < 1.29 is 19.1 Å². The minimum Gasteiger partial charge on any atom is -0.459 e. The van der Waals surface area contributed by atoms with Crippen molar-refractivity contribution in [2.75, 3.05) is 19.4 Å². The molecule has 0 spiro atoms. The van der Waals surface area contributed by atoms with Gasteiger partial charge in [0.05, 0.1) is 11.7 Å². The van der Waals surface area contributed by atoms with E-state index in [-0.39, 0.29) is 17.9 Å². The Bertz CT molecular complexity index is 864. The van der Waals surface area contributed by atoms with Crippen LogP contribution in [-0.2, 0) is 4.74 Å². The van der Waals surface area contributed by atoms with Crippen LogP contribution < -0.4 is 5.32 Å². The first-order valence-corrected chi connectivity index (χ1v) is 8.65. The molecule has 1 aromatic heterocycles. The number of aromatic nitrogens is 1. The molecule has 0 aliphatic carbocycles. The van der Waals surface area contributed by atoms with Crippen molar-refractivity contribution in [1.29, 1.82) is 0 Å². The minimum atomic E-state index is -0.457. The summed E-state index contributed by atoms with van der Waals surface area (Å²) in [5.74, 6) is -0.940. The van der Waals surface area contributed by atoms with Crippen LogP contribution in [0.4, 0.5) is 5.69 Å². The van der Waals surface area contributed by atoms with E-state index in [0.717, 1.165) is 0 Å². The van der Waals surface area contributed by atoms with Crippen LogP contribution in [-0.4, -0.2) is 47.9 Å². The molecule has 1 aromatic carbocycles. The van der Waals surface area contributed by atoms with Crippen LogP contribution in [0.25, 0.3) is 0 Å². The lowest BCUT2D eigenvalue weighted by atomic mass is 10.1. The van der Waals surface area contributed by atoms with Crippen molar-refractivity contribution in [3.8, 4) is 0 Å². The van der Waals surface area contributed by atoms with Crippen LogP contribution in [0, 0.1) is 13.8 Å². The van der Waals surface area contributed by atoms with Gasteiger partial charge in [-0.25, -0.2) is 4.79 Å². The van der Waals surface area contributed by atoms with E-state index >= 15 is 0 Å². The van der Waals surface area contributed by atoms with Gasteiger partial charge in [-0.2, -0.15) is 0 Å². The van der Waals surface area contributed by atoms with Crippen molar-refractivity contribution in [2.24, 2.45) is 0 Å². The standard InChI is InChI=1S/C20H25N3O4/c1-11(2)27-20(26)16-12(3)17(21-13(16)4)18(24)22-15-9-7-14(8-10-15)19(25)23(5)6/h7-11,21H,1-6H3,(H,22,24). The fraction of sp³-hybridized carbons (Fsp3) is 0.350. The molecule has 0 radical (unpaired) electrons. The number of anilines is 1. The molecule has 144 valence electrons. The van der Waals surface area contributed by atoms with Crippen molar-refractivity contribution in [2.45, 2.75) is 33.8 Å². The first-order chi connectivity index (χ1) is 12.6. The number of esters is 1. The van der Waals surface area contributed by atoms with Crippen molar-refractivity contribution in [3.05, 3.63) is 52.3 Å². The molecule has 0 unspecified atom stereocenters. The van der Waals surface area contributed by atoms with Gasteiger partial charge in [-0.05, 0) is 57.5 Å². The van der Waals surface area contributed by atoms with Gasteiger partial charge in [0.25, 0.3) is 11.8 Å². The Morgan fingerprint density at radius 1 is 1.07 bits per heavy atom. The Labute approximate surface area is 158 Å². The molecule has 2 rings (SSSR count). The lowest BCUT2D eigenvalue weighted by molar-refractivity contribution is 0.0376. The van der Waals surface area contributed by atoms with Gasteiger partial charge < -0.3 is 19.9 Å². The molecule has 7 nitrogen and oxygen atoms in total. The molecule has 2 aromatic rings. The van der Waals surface area contributed by atoms with Gasteiger partial charge in [0.1, 0.15) is 5.69 Å². The Balaban J connectivity index is 2.19. The van der Waals surface area contributed by atoms with Crippen molar-refractivity contribution in [1.82, 2.24) is 9.88 Å². The summed E-state index contributed by atoms with van der Waals surface area (Å²) >= 11 is 0. The number of carbonyl (C=O) groups is 3. The molecule has 0 atom stereocenters. The highest BCUT2D eigenvalue weighted by molar-refractivity contribution is 6.07. The maximum atomic E-state index is 12.6. The third-order valence-electron chi connectivity index (χ3n) is 4.01. The fourth-order valence-corrected chi connectivity index (χ4v) is 2.70. The van der Waals surface area contributed by atoms with Crippen molar-refractivity contribution in [3.63, 3.8) is 0 Å².